The second kappa shape index (κ2) is 21.3. The molecule has 0 atom stereocenters. The minimum Gasteiger partial charge on any atom is -0.872 e. The van der Waals surface area contributed by atoms with Gasteiger partial charge >= 0.3 is 154 Å². The second-order valence-electron chi connectivity index (χ2n) is 3.94. The molecule has 0 fully saturated rings. The summed E-state index contributed by atoms with van der Waals surface area (Å²) in [5, 5.41) is 30.8. The number of rotatable bonds is 0. The predicted molar refractivity (Wildman–Crippen MR) is 77.7 cm³/mol. The monoisotopic (exact) mass is 396 g/mol. The van der Waals surface area contributed by atoms with E-state index >= 15 is 0 Å². The Balaban J connectivity index is -0.000000259. The third-order valence-corrected chi connectivity index (χ3v) is 2.23. The molecule has 0 spiro atoms. The summed E-state index contributed by atoms with van der Waals surface area (Å²) in [5.74, 6) is 0.215. The van der Waals surface area contributed by atoms with E-state index in [9.17, 15) is 15.3 Å². The summed E-state index contributed by atoms with van der Waals surface area (Å²) in [6, 6.07) is 25.0. The number of benzene rings is 3. The van der Waals surface area contributed by atoms with E-state index in [1.165, 1.54) is 36.4 Å². The van der Waals surface area contributed by atoms with E-state index in [0.29, 0.717) is 0 Å². The summed E-state index contributed by atoms with van der Waals surface area (Å²) < 4.78 is 0. The molecule has 0 aliphatic rings. The van der Waals surface area contributed by atoms with Crippen LogP contribution in [0, 0.1) is 0 Å². The Morgan fingerprint density at radius 3 is 0.583 bits per heavy atom. The minimum absolute atomic E-state index is 0. The maximum atomic E-state index is 10.3. The van der Waals surface area contributed by atoms with Gasteiger partial charge in [0.25, 0.3) is 0 Å². The average Bonchev–Trinajstić information content (AvgIpc) is 2.51. The van der Waals surface area contributed by atoms with Gasteiger partial charge in [-0.3, -0.25) is 0 Å². The SMILES string of the molecule is [K+].[K+].[K+].[O-]c1ccccc1.[O-]c1ccccc1.[O-]c1ccccc1. The molecule has 0 bridgehead atoms. The third kappa shape index (κ3) is 18.8. The standard InChI is InChI=1S/3C6H6O.3K/c3*7-6-4-2-1-3-5-6;;;/h3*1-5,7H;;;/q;;;3*+1/p-3. The van der Waals surface area contributed by atoms with Crippen LogP contribution in [0.4, 0.5) is 0 Å². The van der Waals surface area contributed by atoms with E-state index < -0.39 is 0 Å². The predicted octanol–water partition coefficient (Wildman–Crippen LogP) is -6.71. The van der Waals surface area contributed by atoms with E-state index in [1.807, 2.05) is 18.2 Å². The van der Waals surface area contributed by atoms with Gasteiger partial charge in [-0.1, -0.05) is 91.0 Å². The van der Waals surface area contributed by atoms with Crippen molar-refractivity contribution in [3.63, 3.8) is 0 Å². The maximum absolute atomic E-state index is 10.3. The van der Waals surface area contributed by atoms with Crippen molar-refractivity contribution in [2.24, 2.45) is 0 Å². The quantitative estimate of drug-likeness (QED) is 0.355. The molecule has 0 radical (unpaired) electrons. The van der Waals surface area contributed by atoms with Crippen LogP contribution in [0.25, 0.3) is 0 Å². The fourth-order valence-corrected chi connectivity index (χ4v) is 1.26. The number of para-hydroxylation sites is 3. The molecule has 24 heavy (non-hydrogen) atoms. The molecule has 6 heteroatoms. The van der Waals surface area contributed by atoms with Crippen molar-refractivity contribution in [1.29, 1.82) is 0 Å². The first-order chi connectivity index (χ1) is 10.2. The zero-order valence-corrected chi connectivity index (χ0v) is 23.8. The summed E-state index contributed by atoms with van der Waals surface area (Å²) in [5.41, 5.74) is 0. The molecule has 108 valence electrons. The number of hydrogen-bond donors (Lipinski definition) is 0. The molecule has 0 aliphatic heterocycles. The molecule has 3 rings (SSSR count). The fourth-order valence-electron chi connectivity index (χ4n) is 1.26. The molecule has 0 unspecified atom stereocenters. The van der Waals surface area contributed by atoms with Crippen LogP contribution < -0.4 is 169 Å². The summed E-state index contributed by atoms with van der Waals surface area (Å²) in [6.07, 6.45) is 0. The van der Waals surface area contributed by atoms with Crippen LogP contribution in [0.3, 0.4) is 0 Å². The maximum Gasteiger partial charge on any atom is 1.00 e. The van der Waals surface area contributed by atoms with Crippen molar-refractivity contribution in [2.75, 3.05) is 0 Å². The van der Waals surface area contributed by atoms with Crippen LogP contribution in [0.2, 0.25) is 0 Å². The van der Waals surface area contributed by atoms with Crippen molar-refractivity contribution in [2.45, 2.75) is 0 Å². The first-order valence-corrected chi connectivity index (χ1v) is 6.34. The molecule has 0 aliphatic carbocycles. The van der Waals surface area contributed by atoms with Crippen LogP contribution in [0.5, 0.6) is 17.2 Å². The van der Waals surface area contributed by atoms with Gasteiger partial charge in [0.05, 0.1) is 0 Å². The molecule has 0 aromatic heterocycles. The largest absolute Gasteiger partial charge is 1.00 e. The molecular formula is C18H15K3O3. The first kappa shape index (κ1) is 30.7. The molecule has 3 aromatic carbocycles. The Kier molecular flexibility index (Phi) is 27.2. The van der Waals surface area contributed by atoms with Crippen molar-refractivity contribution in [1.82, 2.24) is 0 Å². The Hall–Kier alpha value is 1.97. The molecule has 0 amide bonds. The van der Waals surface area contributed by atoms with Gasteiger partial charge in [-0.2, -0.15) is 0 Å². The van der Waals surface area contributed by atoms with E-state index in [1.54, 1.807) is 36.4 Å². The molecule has 0 saturated carbocycles. The second-order valence-corrected chi connectivity index (χ2v) is 3.94. The fraction of sp³-hybridized carbons (Fsp3) is 0. The zero-order chi connectivity index (χ0) is 15.3. The van der Waals surface area contributed by atoms with Crippen molar-refractivity contribution in [3.05, 3.63) is 91.0 Å². The van der Waals surface area contributed by atoms with Crippen LogP contribution in [0.1, 0.15) is 0 Å². The van der Waals surface area contributed by atoms with E-state index in [-0.39, 0.29) is 171 Å². The van der Waals surface area contributed by atoms with Gasteiger partial charge in [0.2, 0.25) is 0 Å². The van der Waals surface area contributed by atoms with Gasteiger partial charge in [0.1, 0.15) is 0 Å². The molecule has 3 nitrogen and oxygen atoms in total. The van der Waals surface area contributed by atoms with Crippen molar-refractivity contribution < 1.29 is 169 Å². The normalized spacial score (nSPS) is 7.50. The minimum atomic E-state index is 0. The summed E-state index contributed by atoms with van der Waals surface area (Å²) in [7, 11) is 0. The van der Waals surface area contributed by atoms with Gasteiger partial charge < -0.3 is 15.3 Å². The Bertz CT molecular complexity index is 505. The molecule has 0 saturated heterocycles. The Morgan fingerprint density at radius 1 is 0.333 bits per heavy atom. The summed E-state index contributed by atoms with van der Waals surface area (Å²) in [4.78, 5) is 0. The van der Waals surface area contributed by atoms with Crippen molar-refractivity contribution in [3.8, 4) is 17.2 Å². The van der Waals surface area contributed by atoms with E-state index in [4.69, 9.17) is 0 Å². The van der Waals surface area contributed by atoms with Gasteiger partial charge in [0, 0.05) is 0 Å². The number of hydrogen-bond acceptors (Lipinski definition) is 3. The van der Waals surface area contributed by atoms with Gasteiger partial charge in [-0.15, -0.1) is 17.2 Å². The summed E-state index contributed by atoms with van der Waals surface area (Å²) >= 11 is 0. The smallest absolute Gasteiger partial charge is 0.872 e. The molecule has 0 N–H and O–H groups in total. The topological polar surface area (TPSA) is 69.2 Å². The van der Waals surface area contributed by atoms with Crippen LogP contribution in [-0.2, 0) is 0 Å². The first-order valence-electron chi connectivity index (χ1n) is 6.34. The Labute approximate surface area is 271 Å². The van der Waals surface area contributed by atoms with Crippen molar-refractivity contribution >= 4 is 0 Å². The van der Waals surface area contributed by atoms with Crippen LogP contribution >= 0.6 is 0 Å². The van der Waals surface area contributed by atoms with E-state index in [2.05, 4.69) is 0 Å². The zero-order valence-electron chi connectivity index (χ0n) is 14.4. The molecule has 0 heterocycles. The van der Waals surface area contributed by atoms with Crippen LogP contribution in [-0.4, -0.2) is 0 Å². The summed E-state index contributed by atoms with van der Waals surface area (Å²) in [6.45, 7) is 0. The van der Waals surface area contributed by atoms with Gasteiger partial charge in [-0.25, -0.2) is 0 Å². The average molecular weight is 397 g/mol. The van der Waals surface area contributed by atoms with Gasteiger partial charge in [-0.05, 0) is 0 Å². The Morgan fingerprint density at radius 2 is 0.500 bits per heavy atom. The van der Waals surface area contributed by atoms with E-state index in [0.717, 1.165) is 0 Å². The molecule has 3 aromatic rings. The molecular weight excluding hydrogens is 381 g/mol. The van der Waals surface area contributed by atoms with Crippen LogP contribution in [0.15, 0.2) is 91.0 Å². The third-order valence-electron chi connectivity index (χ3n) is 2.23. The van der Waals surface area contributed by atoms with Gasteiger partial charge in [0.15, 0.2) is 0 Å².